The number of allylic oxidation sites excluding steroid dienone is 3. The minimum Gasteiger partial charge on any atom is -0.396 e. The summed E-state index contributed by atoms with van der Waals surface area (Å²) in [5.41, 5.74) is 3.14. The Hall–Kier alpha value is -0.940. The molecule has 4 heteroatoms. The van der Waals surface area contributed by atoms with E-state index in [4.69, 9.17) is 5.11 Å². The molecule has 4 N–H and O–H groups in total. The van der Waals surface area contributed by atoms with E-state index in [2.05, 4.69) is 26.0 Å². The summed E-state index contributed by atoms with van der Waals surface area (Å²) < 4.78 is 0. The van der Waals surface area contributed by atoms with Gasteiger partial charge in [-0.15, -0.1) is 0 Å². The minimum atomic E-state index is -0.651. The van der Waals surface area contributed by atoms with Crippen molar-refractivity contribution in [2.75, 3.05) is 6.61 Å². The van der Waals surface area contributed by atoms with Crippen molar-refractivity contribution < 1.29 is 20.4 Å². The zero-order chi connectivity index (χ0) is 24.2. The molecule has 0 saturated heterocycles. The molecule has 4 nitrogen and oxygen atoms in total. The first-order valence-corrected chi connectivity index (χ1v) is 13.3. The molecule has 2 unspecified atom stereocenters. The Morgan fingerprint density at radius 3 is 2.45 bits per heavy atom. The number of fused-ring (bicyclic) bond motifs is 1. The van der Waals surface area contributed by atoms with Gasteiger partial charge in [0.2, 0.25) is 0 Å². The summed E-state index contributed by atoms with van der Waals surface area (Å²) in [5, 5.41) is 40.1. The lowest BCUT2D eigenvalue weighted by atomic mass is 9.60. The van der Waals surface area contributed by atoms with Gasteiger partial charge in [0, 0.05) is 6.61 Å². The van der Waals surface area contributed by atoms with Gasteiger partial charge in [-0.25, -0.2) is 0 Å². The second kappa shape index (κ2) is 11.2. The molecule has 188 valence electrons. The summed E-state index contributed by atoms with van der Waals surface area (Å²) >= 11 is 0. The number of aliphatic hydroxyl groups is 4. The second-order valence-corrected chi connectivity index (χ2v) is 12.0. The van der Waals surface area contributed by atoms with Crippen molar-refractivity contribution in [3.8, 4) is 0 Å². The van der Waals surface area contributed by atoms with Crippen molar-refractivity contribution >= 4 is 0 Å². The maximum absolute atomic E-state index is 10.5. The SMILES string of the molecule is C[C@H](CCCC(C)(C)O)C1CCC2/C(=C/C=C3C[C@@H](O)C(=CCCO)[C@H](O)C3)CCC[C@@]21C. The molecule has 33 heavy (non-hydrogen) atoms. The van der Waals surface area contributed by atoms with Crippen LogP contribution in [0.25, 0.3) is 0 Å². The molecule has 6 atom stereocenters. The van der Waals surface area contributed by atoms with Gasteiger partial charge in [0.15, 0.2) is 0 Å². The minimum absolute atomic E-state index is 0.0386. The Balaban J connectivity index is 1.66. The summed E-state index contributed by atoms with van der Waals surface area (Å²) in [7, 11) is 0. The molecule has 0 aromatic rings. The van der Waals surface area contributed by atoms with Crippen LogP contribution in [0, 0.1) is 23.2 Å². The van der Waals surface area contributed by atoms with Crippen molar-refractivity contribution in [1.82, 2.24) is 0 Å². The van der Waals surface area contributed by atoms with Gasteiger partial charge in [-0.3, -0.25) is 0 Å². The molecule has 0 amide bonds. The third-order valence-corrected chi connectivity index (χ3v) is 8.90. The number of rotatable bonds is 8. The van der Waals surface area contributed by atoms with Crippen molar-refractivity contribution in [1.29, 1.82) is 0 Å². The van der Waals surface area contributed by atoms with E-state index in [0.717, 1.165) is 30.8 Å². The highest BCUT2D eigenvalue weighted by Gasteiger charge is 2.50. The number of hydrogen-bond acceptors (Lipinski definition) is 4. The standard InChI is InChI=1S/C29H48O4/c1-20(8-5-15-28(2,3)33)24-13-14-25-22(9-6-16-29(24,25)4)12-11-21-18-26(31)23(10-7-17-30)27(32)19-21/h10-12,20,24-27,30-33H,5-9,13-19H2,1-4H3/b21-11?,22-12+,23-10?/t20-,24?,25?,26-,27-,29-/m1/s1. The van der Waals surface area contributed by atoms with E-state index in [0.29, 0.717) is 42.1 Å². The molecule has 3 fully saturated rings. The van der Waals surface area contributed by atoms with Crippen LogP contribution in [0.1, 0.15) is 98.3 Å². The molecule has 0 heterocycles. The predicted octanol–water partition coefficient (Wildman–Crippen LogP) is 5.46. The normalized spacial score (nSPS) is 35.0. The molecule has 3 saturated carbocycles. The lowest BCUT2D eigenvalue weighted by Crippen LogP contribution is -2.36. The molecular formula is C29H48O4. The lowest BCUT2D eigenvalue weighted by Gasteiger charge is -2.44. The summed E-state index contributed by atoms with van der Waals surface area (Å²) in [4.78, 5) is 0. The van der Waals surface area contributed by atoms with Crippen LogP contribution in [0.15, 0.2) is 34.9 Å². The Bertz CT molecular complexity index is 727. The van der Waals surface area contributed by atoms with E-state index in [9.17, 15) is 15.3 Å². The molecule has 0 aromatic carbocycles. The first kappa shape index (κ1) is 26.7. The van der Waals surface area contributed by atoms with Crippen molar-refractivity contribution in [2.45, 2.75) is 116 Å². The highest BCUT2D eigenvalue weighted by molar-refractivity contribution is 5.30. The molecule has 0 spiro atoms. The van der Waals surface area contributed by atoms with Gasteiger partial charge in [0.25, 0.3) is 0 Å². The predicted molar refractivity (Wildman–Crippen MR) is 135 cm³/mol. The van der Waals surface area contributed by atoms with Gasteiger partial charge >= 0.3 is 0 Å². The van der Waals surface area contributed by atoms with Crippen LogP contribution in [0.4, 0.5) is 0 Å². The number of hydrogen-bond donors (Lipinski definition) is 4. The quantitative estimate of drug-likeness (QED) is 0.363. The molecule has 0 radical (unpaired) electrons. The van der Waals surface area contributed by atoms with Crippen LogP contribution in [0.5, 0.6) is 0 Å². The Morgan fingerprint density at radius 1 is 1.12 bits per heavy atom. The molecule has 3 aliphatic rings. The monoisotopic (exact) mass is 460 g/mol. The molecule has 0 aromatic heterocycles. The van der Waals surface area contributed by atoms with E-state index in [1.807, 2.05) is 13.8 Å². The Kier molecular flexibility index (Phi) is 9.05. The van der Waals surface area contributed by atoms with Crippen molar-refractivity contribution in [3.05, 3.63) is 34.9 Å². The fourth-order valence-electron chi connectivity index (χ4n) is 7.17. The van der Waals surface area contributed by atoms with E-state index in [1.54, 1.807) is 11.6 Å². The van der Waals surface area contributed by atoms with Crippen LogP contribution in [0.2, 0.25) is 0 Å². The van der Waals surface area contributed by atoms with Crippen molar-refractivity contribution in [2.24, 2.45) is 23.2 Å². The van der Waals surface area contributed by atoms with Crippen LogP contribution in [-0.2, 0) is 0 Å². The summed E-state index contributed by atoms with van der Waals surface area (Å²) in [5.74, 6) is 2.08. The highest BCUT2D eigenvalue weighted by Crippen LogP contribution is 2.60. The number of aliphatic hydroxyl groups excluding tert-OH is 3. The van der Waals surface area contributed by atoms with Crippen LogP contribution in [-0.4, -0.2) is 44.8 Å². The van der Waals surface area contributed by atoms with Gasteiger partial charge in [-0.2, -0.15) is 0 Å². The highest BCUT2D eigenvalue weighted by atomic mass is 16.3. The third kappa shape index (κ3) is 6.60. The van der Waals surface area contributed by atoms with E-state index in [1.165, 1.54) is 32.1 Å². The largest absolute Gasteiger partial charge is 0.396 e. The zero-order valence-electron chi connectivity index (χ0n) is 21.4. The second-order valence-electron chi connectivity index (χ2n) is 12.0. The van der Waals surface area contributed by atoms with Crippen LogP contribution < -0.4 is 0 Å². The van der Waals surface area contributed by atoms with Crippen LogP contribution in [0.3, 0.4) is 0 Å². The maximum Gasteiger partial charge on any atom is 0.0812 e. The van der Waals surface area contributed by atoms with Gasteiger partial charge in [-0.05, 0) is 100 Å². The van der Waals surface area contributed by atoms with E-state index >= 15 is 0 Å². The smallest absolute Gasteiger partial charge is 0.0812 e. The van der Waals surface area contributed by atoms with E-state index in [-0.39, 0.29) is 6.61 Å². The molecule has 3 aliphatic carbocycles. The average molecular weight is 461 g/mol. The average Bonchev–Trinajstić information content (AvgIpc) is 3.08. The van der Waals surface area contributed by atoms with Crippen molar-refractivity contribution in [3.63, 3.8) is 0 Å². The van der Waals surface area contributed by atoms with Gasteiger partial charge in [-0.1, -0.05) is 56.1 Å². The summed E-state index contributed by atoms with van der Waals surface area (Å²) in [6.07, 6.45) is 16.1. The molecular weight excluding hydrogens is 412 g/mol. The Morgan fingerprint density at radius 2 is 1.82 bits per heavy atom. The first-order valence-electron chi connectivity index (χ1n) is 13.3. The summed E-state index contributed by atoms with van der Waals surface area (Å²) in [6, 6.07) is 0. The topological polar surface area (TPSA) is 80.9 Å². The summed E-state index contributed by atoms with van der Waals surface area (Å²) in [6.45, 7) is 8.81. The fraction of sp³-hybridized carbons (Fsp3) is 0.793. The van der Waals surface area contributed by atoms with Gasteiger partial charge < -0.3 is 20.4 Å². The third-order valence-electron chi connectivity index (χ3n) is 8.90. The molecule has 0 bridgehead atoms. The van der Waals surface area contributed by atoms with E-state index < -0.39 is 17.8 Å². The molecule has 0 aliphatic heterocycles. The fourth-order valence-corrected chi connectivity index (χ4v) is 7.17. The lowest BCUT2D eigenvalue weighted by molar-refractivity contribution is 0.0596. The van der Waals surface area contributed by atoms with Gasteiger partial charge in [0.05, 0.1) is 17.8 Å². The molecule has 3 rings (SSSR count). The first-order chi connectivity index (χ1) is 15.5. The maximum atomic E-state index is 10.5. The Labute approximate surface area is 201 Å². The van der Waals surface area contributed by atoms with Gasteiger partial charge in [0.1, 0.15) is 0 Å². The zero-order valence-corrected chi connectivity index (χ0v) is 21.4. The van der Waals surface area contributed by atoms with Crippen LogP contribution >= 0.6 is 0 Å².